The number of nitrogens with zero attached hydrogens (tertiary/aromatic N) is 4. The predicted octanol–water partition coefficient (Wildman–Crippen LogP) is 2.37. The van der Waals surface area contributed by atoms with E-state index in [4.69, 9.17) is 0 Å². The summed E-state index contributed by atoms with van der Waals surface area (Å²) in [5, 5.41) is 11.1. The minimum absolute atomic E-state index is 0. The molecule has 0 amide bonds. The maximum Gasteiger partial charge on any atom is 0.191 e. The van der Waals surface area contributed by atoms with Crippen molar-refractivity contribution in [1.29, 1.82) is 0 Å². The summed E-state index contributed by atoms with van der Waals surface area (Å²) in [7, 11) is 3.75. The smallest absolute Gasteiger partial charge is 0.191 e. The molecule has 0 radical (unpaired) electrons. The Kier molecular flexibility index (Phi) is 8.37. The van der Waals surface area contributed by atoms with E-state index in [9.17, 15) is 0 Å². The van der Waals surface area contributed by atoms with E-state index < -0.39 is 0 Å². The molecule has 6 nitrogen and oxygen atoms in total. The molecule has 1 fully saturated rings. The van der Waals surface area contributed by atoms with Crippen molar-refractivity contribution in [3.63, 3.8) is 0 Å². The second kappa shape index (κ2) is 10.5. The second-order valence-corrected chi connectivity index (χ2v) is 6.63. The molecule has 1 saturated heterocycles. The van der Waals surface area contributed by atoms with Crippen molar-refractivity contribution in [2.75, 3.05) is 20.1 Å². The summed E-state index contributed by atoms with van der Waals surface area (Å²) in [6.45, 7) is 4.01. The fourth-order valence-electron chi connectivity index (χ4n) is 3.21. The van der Waals surface area contributed by atoms with Crippen molar-refractivity contribution in [2.24, 2.45) is 12.0 Å². The number of piperidine rings is 1. The first-order chi connectivity index (χ1) is 12.2. The van der Waals surface area contributed by atoms with Crippen LogP contribution in [-0.2, 0) is 20.1 Å². The van der Waals surface area contributed by atoms with E-state index >= 15 is 0 Å². The highest BCUT2D eigenvalue weighted by atomic mass is 127. The fourth-order valence-corrected chi connectivity index (χ4v) is 3.21. The predicted molar refractivity (Wildman–Crippen MR) is 117 cm³/mol. The number of rotatable bonds is 5. The van der Waals surface area contributed by atoms with Gasteiger partial charge in [-0.2, -0.15) is 5.10 Å². The number of aromatic nitrogens is 2. The summed E-state index contributed by atoms with van der Waals surface area (Å²) >= 11 is 0. The molecule has 1 aromatic heterocycles. The molecule has 1 aliphatic rings. The maximum absolute atomic E-state index is 4.34. The topological polar surface area (TPSA) is 57.5 Å². The maximum atomic E-state index is 4.34. The second-order valence-electron chi connectivity index (χ2n) is 6.63. The molecule has 2 heterocycles. The van der Waals surface area contributed by atoms with Gasteiger partial charge in [0.2, 0.25) is 0 Å². The van der Waals surface area contributed by atoms with E-state index in [0.29, 0.717) is 6.04 Å². The van der Waals surface area contributed by atoms with E-state index in [1.807, 2.05) is 31.2 Å². The van der Waals surface area contributed by atoms with Crippen LogP contribution in [0.4, 0.5) is 0 Å². The van der Waals surface area contributed by atoms with Crippen molar-refractivity contribution in [3.05, 3.63) is 53.9 Å². The molecule has 0 unspecified atom stereocenters. The number of hydrogen-bond acceptors (Lipinski definition) is 3. The van der Waals surface area contributed by atoms with Gasteiger partial charge in [0, 0.05) is 58.1 Å². The highest BCUT2D eigenvalue weighted by molar-refractivity contribution is 14.0. The molecular formula is C19H29IN6. The number of aliphatic imine (C=N–C) groups is 1. The van der Waals surface area contributed by atoms with Crippen molar-refractivity contribution in [1.82, 2.24) is 25.3 Å². The van der Waals surface area contributed by atoms with E-state index in [1.54, 1.807) is 0 Å². The molecule has 1 aromatic carbocycles. The van der Waals surface area contributed by atoms with Crippen LogP contribution in [-0.4, -0.2) is 46.8 Å². The minimum Gasteiger partial charge on any atom is -0.354 e. The number of guanidine groups is 1. The molecule has 142 valence electrons. The average Bonchev–Trinajstić information content (AvgIpc) is 3.06. The Labute approximate surface area is 173 Å². The van der Waals surface area contributed by atoms with Gasteiger partial charge in [-0.05, 0) is 18.4 Å². The lowest BCUT2D eigenvalue weighted by Gasteiger charge is -2.33. The highest BCUT2D eigenvalue weighted by Crippen LogP contribution is 2.13. The standard InChI is InChI=1S/C19H28N6.HI/c1-20-19(21-12-17-13-22-24(2)14-17)23-18-8-10-25(11-9-18)15-16-6-4-3-5-7-16;/h3-7,13-14,18H,8-12,15H2,1-2H3,(H2,20,21,23);1H. The summed E-state index contributed by atoms with van der Waals surface area (Å²) in [6, 6.07) is 11.2. The summed E-state index contributed by atoms with van der Waals surface area (Å²) < 4.78 is 1.82. The summed E-state index contributed by atoms with van der Waals surface area (Å²) in [4.78, 5) is 6.87. The van der Waals surface area contributed by atoms with Crippen LogP contribution in [0, 0.1) is 0 Å². The Hall–Kier alpha value is -1.61. The van der Waals surface area contributed by atoms with Crippen LogP contribution >= 0.6 is 24.0 Å². The van der Waals surface area contributed by atoms with Crippen LogP contribution in [0.1, 0.15) is 24.0 Å². The van der Waals surface area contributed by atoms with E-state index in [2.05, 4.69) is 56.0 Å². The van der Waals surface area contributed by atoms with Gasteiger partial charge >= 0.3 is 0 Å². The quantitative estimate of drug-likeness (QED) is 0.402. The highest BCUT2D eigenvalue weighted by Gasteiger charge is 2.20. The number of benzene rings is 1. The van der Waals surface area contributed by atoms with Crippen LogP contribution in [0.5, 0.6) is 0 Å². The summed E-state index contributed by atoms with van der Waals surface area (Å²) in [5.41, 5.74) is 2.55. The first-order valence-corrected chi connectivity index (χ1v) is 8.94. The monoisotopic (exact) mass is 468 g/mol. The number of likely N-dealkylation sites (tertiary alicyclic amines) is 1. The van der Waals surface area contributed by atoms with E-state index in [-0.39, 0.29) is 24.0 Å². The number of aryl methyl sites for hydroxylation is 1. The van der Waals surface area contributed by atoms with Gasteiger partial charge in [0.1, 0.15) is 0 Å². The van der Waals surface area contributed by atoms with Gasteiger partial charge in [0.25, 0.3) is 0 Å². The Bertz CT molecular complexity index is 676. The van der Waals surface area contributed by atoms with Gasteiger partial charge < -0.3 is 10.6 Å². The van der Waals surface area contributed by atoms with Gasteiger partial charge in [-0.3, -0.25) is 14.6 Å². The molecule has 2 aromatic rings. The number of halogens is 1. The molecule has 26 heavy (non-hydrogen) atoms. The molecule has 0 atom stereocenters. The van der Waals surface area contributed by atoms with E-state index in [0.717, 1.165) is 50.5 Å². The Morgan fingerprint density at radius 1 is 1.19 bits per heavy atom. The molecule has 1 aliphatic heterocycles. The Morgan fingerprint density at radius 3 is 2.54 bits per heavy atom. The summed E-state index contributed by atoms with van der Waals surface area (Å²) in [5.74, 6) is 0.866. The number of hydrogen-bond donors (Lipinski definition) is 2. The zero-order chi connectivity index (χ0) is 17.5. The van der Waals surface area contributed by atoms with Crippen LogP contribution in [0.3, 0.4) is 0 Å². The van der Waals surface area contributed by atoms with Crippen LogP contribution in [0.2, 0.25) is 0 Å². The van der Waals surface area contributed by atoms with Gasteiger partial charge in [-0.15, -0.1) is 24.0 Å². The van der Waals surface area contributed by atoms with Crippen LogP contribution in [0.25, 0.3) is 0 Å². The first-order valence-electron chi connectivity index (χ1n) is 8.94. The zero-order valence-electron chi connectivity index (χ0n) is 15.6. The fraction of sp³-hybridized carbons (Fsp3) is 0.474. The third-order valence-electron chi connectivity index (χ3n) is 4.62. The molecular weight excluding hydrogens is 439 g/mol. The van der Waals surface area contributed by atoms with Crippen LogP contribution in [0.15, 0.2) is 47.7 Å². The molecule has 3 rings (SSSR count). The lowest BCUT2D eigenvalue weighted by molar-refractivity contribution is 0.198. The van der Waals surface area contributed by atoms with Crippen molar-refractivity contribution >= 4 is 29.9 Å². The molecule has 2 N–H and O–H groups in total. The normalized spacial score (nSPS) is 16.2. The molecule has 0 bridgehead atoms. The molecule has 0 saturated carbocycles. The van der Waals surface area contributed by atoms with E-state index in [1.165, 1.54) is 5.56 Å². The van der Waals surface area contributed by atoms with Gasteiger partial charge in [-0.1, -0.05) is 30.3 Å². The zero-order valence-corrected chi connectivity index (χ0v) is 17.9. The lowest BCUT2D eigenvalue weighted by atomic mass is 10.0. The Balaban J connectivity index is 0.00000243. The third-order valence-corrected chi connectivity index (χ3v) is 4.62. The SMILES string of the molecule is CN=C(NCc1cnn(C)c1)NC1CCN(Cc2ccccc2)CC1.I. The molecule has 0 spiro atoms. The molecule has 0 aliphatic carbocycles. The van der Waals surface area contributed by atoms with Crippen molar-refractivity contribution < 1.29 is 0 Å². The van der Waals surface area contributed by atoms with Crippen molar-refractivity contribution in [3.8, 4) is 0 Å². The lowest BCUT2D eigenvalue weighted by Crippen LogP contribution is -2.48. The summed E-state index contributed by atoms with van der Waals surface area (Å²) in [6.07, 6.45) is 6.17. The Morgan fingerprint density at radius 2 is 1.92 bits per heavy atom. The van der Waals surface area contributed by atoms with Crippen molar-refractivity contribution in [2.45, 2.75) is 32.0 Å². The van der Waals surface area contributed by atoms with Gasteiger partial charge in [0.15, 0.2) is 5.96 Å². The van der Waals surface area contributed by atoms with Gasteiger partial charge in [-0.25, -0.2) is 0 Å². The first kappa shape index (κ1) is 20.7. The van der Waals surface area contributed by atoms with Gasteiger partial charge in [0.05, 0.1) is 6.20 Å². The average molecular weight is 468 g/mol. The minimum atomic E-state index is 0. The van der Waals surface area contributed by atoms with Crippen LogP contribution < -0.4 is 10.6 Å². The molecule has 7 heteroatoms. The largest absolute Gasteiger partial charge is 0.354 e. The number of nitrogens with one attached hydrogen (secondary N) is 2. The third kappa shape index (κ3) is 6.28.